The molecule has 0 heterocycles. The molecule has 0 aliphatic heterocycles. The number of methoxy groups -OCH3 is 1. The van der Waals surface area contributed by atoms with Crippen LogP contribution >= 0.6 is 0 Å². The highest BCUT2D eigenvalue weighted by Gasteiger charge is 2.06. The second kappa shape index (κ2) is 9.22. The van der Waals surface area contributed by atoms with Crippen LogP contribution in [0.2, 0.25) is 0 Å². The molecule has 0 spiro atoms. The lowest BCUT2D eigenvalue weighted by atomic mass is 10.2. The third kappa shape index (κ3) is 6.47. The predicted molar refractivity (Wildman–Crippen MR) is 97.8 cm³/mol. The summed E-state index contributed by atoms with van der Waals surface area (Å²) in [6.07, 6.45) is 1.69. The summed E-state index contributed by atoms with van der Waals surface area (Å²) in [6, 6.07) is 14.7. The third-order valence-corrected chi connectivity index (χ3v) is 3.43. The van der Waals surface area contributed by atoms with Gasteiger partial charge in [-0.25, -0.2) is 5.43 Å². The number of hydrogen-bond acceptors (Lipinski definition) is 4. The molecule has 2 rings (SSSR count). The molecular weight excluding hydrogens is 318 g/mol. The van der Waals surface area contributed by atoms with E-state index in [0.29, 0.717) is 5.69 Å². The Hall–Kier alpha value is -3.15. The Morgan fingerprint density at radius 1 is 1.00 bits per heavy atom. The van der Waals surface area contributed by atoms with Gasteiger partial charge in [-0.05, 0) is 48.9 Å². The van der Waals surface area contributed by atoms with Crippen LogP contribution in [0.25, 0.3) is 0 Å². The number of hydrogen-bond donors (Lipinski definition) is 2. The lowest BCUT2D eigenvalue weighted by Gasteiger charge is -2.05. The third-order valence-electron chi connectivity index (χ3n) is 3.43. The molecule has 2 amide bonds. The fourth-order valence-corrected chi connectivity index (χ4v) is 2.01. The number of ether oxygens (including phenoxy) is 1. The van der Waals surface area contributed by atoms with E-state index in [2.05, 4.69) is 15.8 Å². The van der Waals surface area contributed by atoms with Crippen LogP contribution in [0.15, 0.2) is 53.6 Å². The molecule has 0 saturated heterocycles. The van der Waals surface area contributed by atoms with Gasteiger partial charge in [0.1, 0.15) is 5.75 Å². The summed E-state index contributed by atoms with van der Waals surface area (Å²) in [5.41, 5.74) is 5.07. The molecule has 0 aromatic heterocycles. The van der Waals surface area contributed by atoms with E-state index in [1.807, 2.05) is 43.3 Å². The van der Waals surface area contributed by atoms with E-state index in [0.717, 1.165) is 16.9 Å². The molecule has 0 atom stereocenters. The first-order valence-electron chi connectivity index (χ1n) is 7.89. The van der Waals surface area contributed by atoms with Gasteiger partial charge < -0.3 is 10.1 Å². The van der Waals surface area contributed by atoms with Gasteiger partial charge in [0.2, 0.25) is 11.8 Å². The highest BCUT2D eigenvalue weighted by molar-refractivity contribution is 5.93. The number of nitrogens with one attached hydrogen (secondary N) is 2. The van der Waals surface area contributed by atoms with Gasteiger partial charge >= 0.3 is 0 Å². The lowest BCUT2D eigenvalue weighted by molar-refractivity contribution is -0.124. The van der Waals surface area contributed by atoms with Crippen LogP contribution in [-0.2, 0) is 9.59 Å². The molecule has 0 radical (unpaired) electrons. The van der Waals surface area contributed by atoms with Crippen molar-refractivity contribution in [3.8, 4) is 5.75 Å². The minimum Gasteiger partial charge on any atom is -0.497 e. The monoisotopic (exact) mass is 339 g/mol. The lowest BCUT2D eigenvalue weighted by Crippen LogP contribution is -2.20. The molecule has 0 aliphatic carbocycles. The maximum atomic E-state index is 11.8. The Kier molecular flexibility index (Phi) is 6.71. The minimum atomic E-state index is -0.316. The quantitative estimate of drug-likeness (QED) is 0.601. The van der Waals surface area contributed by atoms with Crippen molar-refractivity contribution in [1.29, 1.82) is 0 Å². The Bertz CT molecular complexity index is 738. The summed E-state index contributed by atoms with van der Waals surface area (Å²) in [7, 11) is 1.60. The normalized spacial score (nSPS) is 10.5. The molecule has 6 heteroatoms. The van der Waals surface area contributed by atoms with Crippen LogP contribution < -0.4 is 15.5 Å². The Morgan fingerprint density at radius 3 is 2.28 bits per heavy atom. The van der Waals surface area contributed by atoms with Crippen molar-refractivity contribution in [2.75, 3.05) is 12.4 Å². The maximum absolute atomic E-state index is 11.8. The molecule has 25 heavy (non-hydrogen) atoms. The van der Waals surface area contributed by atoms with Gasteiger partial charge in [-0.1, -0.05) is 17.7 Å². The molecule has 2 aromatic rings. The Labute approximate surface area is 146 Å². The smallest absolute Gasteiger partial charge is 0.240 e. The van der Waals surface area contributed by atoms with E-state index >= 15 is 0 Å². The maximum Gasteiger partial charge on any atom is 0.240 e. The topological polar surface area (TPSA) is 79.8 Å². The first kappa shape index (κ1) is 18.2. The van der Waals surface area contributed by atoms with Gasteiger partial charge in [-0.3, -0.25) is 9.59 Å². The van der Waals surface area contributed by atoms with Crippen LogP contribution in [0.1, 0.15) is 24.0 Å². The number of amides is 2. The summed E-state index contributed by atoms with van der Waals surface area (Å²) >= 11 is 0. The van der Waals surface area contributed by atoms with Crippen LogP contribution in [-0.4, -0.2) is 25.1 Å². The molecule has 0 aliphatic rings. The van der Waals surface area contributed by atoms with Gasteiger partial charge in [0.25, 0.3) is 0 Å². The Balaban J connectivity index is 1.71. The van der Waals surface area contributed by atoms with Gasteiger partial charge in [0.15, 0.2) is 0 Å². The SMILES string of the molecule is COc1ccc(C=NNC(=O)CCC(=O)Nc2ccc(C)cc2)cc1. The zero-order valence-electron chi connectivity index (χ0n) is 14.3. The zero-order valence-corrected chi connectivity index (χ0v) is 14.3. The van der Waals surface area contributed by atoms with E-state index in [-0.39, 0.29) is 24.7 Å². The average Bonchev–Trinajstić information content (AvgIpc) is 2.62. The van der Waals surface area contributed by atoms with E-state index in [1.165, 1.54) is 6.21 Å². The minimum absolute atomic E-state index is 0.0671. The number of anilines is 1. The molecule has 0 unspecified atom stereocenters. The largest absolute Gasteiger partial charge is 0.497 e. The molecular formula is C19H21N3O3. The van der Waals surface area contributed by atoms with Crippen molar-refractivity contribution in [3.63, 3.8) is 0 Å². The summed E-state index contributed by atoms with van der Waals surface area (Å²) in [6.45, 7) is 1.97. The first-order valence-corrected chi connectivity index (χ1v) is 7.89. The molecule has 2 N–H and O–H groups in total. The van der Waals surface area contributed by atoms with Gasteiger partial charge in [0.05, 0.1) is 13.3 Å². The standard InChI is InChI=1S/C19H21N3O3/c1-14-3-7-16(8-4-14)21-18(23)11-12-19(24)22-20-13-15-5-9-17(25-2)10-6-15/h3-10,13H,11-12H2,1-2H3,(H,21,23)(H,22,24). The average molecular weight is 339 g/mol. The number of benzene rings is 2. The molecule has 130 valence electrons. The van der Waals surface area contributed by atoms with Crippen LogP contribution in [0.4, 0.5) is 5.69 Å². The highest BCUT2D eigenvalue weighted by Crippen LogP contribution is 2.10. The summed E-state index contributed by atoms with van der Waals surface area (Å²) < 4.78 is 5.06. The number of carbonyl (C=O) groups is 2. The molecule has 2 aromatic carbocycles. The summed E-state index contributed by atoms with van der Waals surface area (Å²) in [5, 5.41) is 6.62. The molecule has 0 bridgehead atoms. The molecule has 6 nitrogen and oxygen atoms in total. The zero-order chi connectivity index (χ0) is 18.1. The predicted octanol–water partition coefficient (Wildman–Crippen LogP) is 2.87. The fraction of sp³-hybridized carbons (Fsp3) is 0.211. The molecule has 0 saturated carbocycles. The van der Waals surface area contributed by atoms with Crippen LogP contribution in [0, 0.1) is 6.92 Å². The van der Waals surface area contributed by atoms with Gasteiger partial charge in [-0.15, -0.1) is 0 Å². The Morgan fingerprint density at radius 2 is 1.64 bits per heavy atom. The molecule has 0 fully saturated rings. The number of carbonyl (C=O) groups excluding carboxylic acids is 2. The van der Waals surface area contributed by atoms with Crippen molar-refractivity contribution in [2.45, 2.75) is 19.8 Å². The number of aryl methyl sites for hydroxylation is 1. The van der Waals surface area contributed by atoms with E-state index < -0.39 is 0 Å². The van der Waals surface area contributed by atoms with Crippen molar-refractivity contribution in [2.24, 2.45) is 5.10 Å². The van der Waals surface area contributed by atoms with Crippen LogP contribution in [0.5, 0.6) is 5.75 Å². The second-order valence-electron chi connectivity index (χ2n) is 5.48. The second-order valence-corrected chi connectivity index (χ2v) is 5.48. The summed E-state index contributed by atoms with van der Waals surface area (Å²) in [5.74, 6) is 0.225. The van der Waals surface area contributed by atoms with Crippen molar-refractivity contribution >= 4 is 23.7 Å². The van der Waals surface area contributed by atoms with Crippen molar-refractivity contribution in [3.05, 3.63) is 59.7 Å². The van der Waals surface area contributed by atoms with E-state index in [1.54, 1.807) is 19.2 Å². The number of rotatable bonds is 7. The number of nitrogens with zero attached hydrogens (tertiary/aromatic N) is 1. The van der Waals surface area contributed by atoms with Gasteiger partial charge in [-0.2, -0.15) is 5.10 Å². The van der Waals surface area contributed by atoms with E-state index in [4.69, 9.17) is 4.74 Å². The van der Waals surface area contributed by atoms with Crippen molar-refractivity contribution < 1.29 is 14.3 Å². The number of hydrazone groups is 1. The highest BCUT2D eigenvalue weighted by atomic mass is 16.5. The summed E-state index contributed by atoms with van der Waals surface area (Å²) in [4.78, 5) is 23.5. The van der Waals surface area contributed by atoms with Crippen molar-refractivity contribution in [1.82, 2.24) is 5.43 Å². The first-order chi connectivity index (χ1) is 12.1. The van der Waals surface area contributed by atoms with Gasteiger partial charge in [0, 0.05) is 18.5 Å². The van der Waals surface area contributed by atoms with Crippen LogP contribution in [0.3, 0.4) is 0 Å². The van der Waals surface area contributed by atoms with E-state index in [9.17, 15) is 9.59 Å². The fourth-order valence-electron chi connectivity index (χ4n) is 2.01.